The maximum atomic E-state index is 12.3. The molecular weight excluding hydrogens is 273 g/mol. The second-order valence-corrected chi connectivity index (χ2v) is 4.13. The van der Waals surface area contributed by atoms with Crippen molar-refractivity contribution in [1.29, 1.82) is 0 Å². The Morgan fingerprint density at radius 3 is 2.75 bits per heavy atom. The van der Waals surface area contributed by atoms with E-state index in [4.69, 9.17) is 0 Å². The Morgan fingerprint density at radius 2 is 2.10 bits per heavy atom. The van der Waals surface area contributed by atoms with Gasteiger partial charge < -0.3 is 10.1 Å². The van der Waals surface area contributed by atoms with Gasteiger partial charge in [0.1, 0.15) is 17.9 Å². The number of rotatable bonds is 5. The average Bonchev–Trinajstić information content (AvgIpc) is 2.89. The number of nitrogens with zero attached hydrogens (tertiary/aromatic N) is 2. The Kier molecular flexibility index (Phi) is 4.23. The van der Waals surface area contributed by atoms with Crippen molar-refractivity contribution in [2.75, 3.05) is 0 Å². The molecule has 1 atom stereocenters. The van der Waals surface area contributed by atoms with Gasteiger partial charge in [0, 0.05) is 12.1 Å². The molecule has 0 spiro atoms. The Balaban J connectivity index is 2.02. The van der Waals surface area contributed by atoms with E-state index in [1.807, 2.05) is 6.92 Å². The first-order valence-corrected chi connectivity index (χ1v) is 5.88. The van der Waals surface area contributed by atoms with Gasteiger partial charge in [-0.2, -0.15) is 5.10 Å². The number of alkyl halides is 3. The number of nitrogens with one attached hydrogen (secondary N) is 2. The van der Waals surface area contributed by atoms with E-state index in [2.05, 4.69) is 25.2 Å². The van der Waals surface area contributed by atoms with Gasteiger partial charge in [-0.15, -0.1) is 13.2 Å². The van der Waals surface area contributed by atoms with E-state index in [0.717, 1.165) is 0 Å². The molecule has 8 heteroatoms. The summed E-state index contributed by atoms with van der Waals surface area (Å²) in [6.45, 7) is 2.04. The van der Waals surface area contributed by atoms with Gasteiger partial charge in [-0.3, -0.25) is 5.10 Å². The second-order valence-electron chi connectivity index (χ2n) is 4.13. The number of halogens is 3. The van der Waals surface area contributed by atoms with Crippen LogP contribution in [0.4, 0.5) is 13.2 Å². The Bertz CT molecular complexity index is 542. The highest BCUT2D eigenvalue weighted by molar-refractivity contribution is 5.33. The molecule has 2 N–H and O–H groups in total. The van der Waals surface area contributed by atoms with E-state index in [1.165, 1.54) is 18.5 Å². The van der Waals surface area contributed by atoms with E-state index in [0.29, 0.717) is 11.4 Å². The predicted octanol–water partition coefficient (Wildman–Crippen LogP) is 2.55. The molecule has 0 fully saturated rings. The lowest BCUT2D eigenvalue weighted by atomic mass is 10.2. The summed E-state index contributed by atoms with van der Waals surface area (Å²) >= 11 is 0. The van der Waals surface area contributed by atoms with E-state index in [9.17, 15) is 13.2 Å². The van der Waals surface area contributed by atoms with Crippen molar-refractivity contribution in [1.82, 2.24) is 20.5 Å². The molecule has 1 aromatic carbocycles. The molecule has 0 saturated carbocycles. The number of para-hydroxylation sites is 1. The molecule has 20 heavy (non-hydrogen) atoms. The van der Waals surface area contributed by atoms with Crippen LogP contribution in [0.2, 0.25) is 0 Å². The van der Waals surface area contributed by atoms with E-state index < -0.39 is 6.36 Å². The molecule has 0 saturated heterocycles. The van der Waals surface area contributed by atoms with Gasteiger partial charge in [0.15, 0.2) is 0 Å². The standard InChI is InChI=1S/C12H13F3N4O/c1-8(11-17-7-18-19-11)16-6-9-4-2-3-5-10(9)20-12(13,14)15/h2-5,7-8,16H,6H2,1H3,(H,17,18,19). The van der Waals surface area contributed by atoms with Crippen molar-refractivity contribution >= 4 is 0 Å². The minimum Gasteiger partial charge on any atom is -0.405 e. The van der Waals surface area contributed by atoms with E-state index >= 15 is 0 Å². The SMILES string of the molecule is CC(NCc1ccccc1OC(F)(F)F)c1ncn[nH]1. The van der Waals surface area contributed by atoms with Crippen molar-refractivity contribution in [2.24, 2.45) is 0 Å². The molecule has 0 radical (unpaired) electrons. The first kappa shape index (κ1) is 14.3. The second kappa shape index (κ2) is 5.91. The third-order valence-corrected chi connectivity index (χ3v) is 2.64. The van der Waals surface area contributed by atoms with Gasteiger partial charge in [0.25, 0.3) is 0 Å². The molecule has 0 aliphatic carbocycles. The van der Waals surface area contributed by atoms with Crippen molar-refractivity contribution < 1.29 is 17.9 Å². The molecule has 2 aromatic rings. The van der Waals surface area contributed by atoms with Gasteiger partial charge in [-0.05, 0) is 13.0 Å². The summed E-state index contributed by atoms with van der Waals surface area (Å²) in [6.07, 6.45) is -3.33. The highest BCUT2D eigenvalue weighted by Gasteiger charge is 2.31. The molecule has 5 nitrogen and oxygen atoms in total. The smallest absolute Gasteiger partial charge is 0.405 e. The normalized spacial score (nSPS) is 13.2. The number of aromatic amines is 1. The van der Waals surface area contributed by atoms with Crippen LogP contribution in [0.15, 0.2) is 30.6 Å². The summed E-state index contributed by atoms with van der Waals surface area (Å²) in [4.78, 5) is 3.97. The summed E-state index contributed by atoms with van der Waals surface area (Å²) < 4.78 is 40.8. The number of H-pyrrole nitrogens is 1. The average molecular weight is 286 g/mol. The summed E-state index contributed by atoms with van der Waals surface area (Å²) in [6, 6.07) is 5.82. The van der Waals surface area contributed by atoms with Crippen LogP contribution >= 0.6 is 0 Å². The molecule has 0 aliphatic rings. The minimum absolute atomic E-state index is 0.170. The van der Waals surface area contributed by atoms with Crippen LogP contribution in [0.5, 0.6) is 5.75 Å². The fraction of sp³-hybridized carbons (Fsp3) is 0.333. The van der Waals surface area contributed by atoms with Crippen molar-refractivity contribution in [2.45, 2.75) is 25.9 Å². The van der Waals surface area contributed by atoms with E-state index in [1.54, 1.807) is 12.1 Å². The van der Waals surface area contributed by atoms with Crippen LogP contribution in [-0.4, -0.2) is 21.5 Å². The molecular formula is C12H13F3N4O. The van der Waals surface area contributed by atoms with Crippen molar-refractivity contribution in [3.63, 3.8) is 0 Å². The number of hydrogen-bond donors (Lipinski definition) is 2. The topological polar surface area (TPSA) is 62.8 Å². The number of ether oxygens (including phenoxy) is 1. The first-order valence-electron chi connectivity index (χ1n) is 5.88. The maximum Gasteiger partial charge on any atom is 0.573 e. The third kappa shape index (κ3) is 3.95. The van der Waals surface area contributed by atoms with E-state index in [-0.39, 0.29) is 18.3 Å². The summed E-state index contributed by atoms with van der Waals surface area (Å²) in [5.74, 6) is 0.400. The molecule has 1 aromatic heterocycles. The zero-order chi connectivity index (χ0) is 14.6. The molecule has 2 rings (SSSR count). The first-order chi connectivity index (χ1) is 9.46. The number of aromatic nitrogens is 3. The van der Waals surface area contributed by atoms with Gasteiger partial charge in [0.2, 0.25) is 0 Å². The fourth-order valence-electron chi connectivity index (χ4n) is 1.66. The van der Waals surface area contributed by atoms with Gasteiger partial charge >= 0.3 is 6.36 Å². The summed E-state index contributed by atoms with van der Waals surface area (Å²) in [5, 5.41) is 9.45. The lowest BCUT2D eigenvalue weighted by Gasteiger charge is -2.15. The Labute approximate surface area is 113 Å². The van der Waals surface area contributed by atoms with Crippen molar-refractivity contribution in [3.8, 4) is 5.75 Å². The lowest BCUT2D eigenvalue weighted by molar-refractivity contribution is -0.274. The summed E-state index contributed by atoms with van der Waals surface area (Å²) in [7, 11) is 0. The van der Waals surface area contributed by atoms with Gasteiger partial charge in [-0.25, -0.2) is 4.98 Å². The molecule has 1 heterocycles. The Morgan fingerprint density at radius 1 is 1.35 bits per heavy atom. The molecule has 0 amide bonds. The van der Waals surface area contributed by atoms with Crippen LogP contribution in [0, 0.1) is 0 Å². The molecule has 0 bridgehead atoms. The van der Waals surface area contributed by atoms with Crippen LogP contribution < -0.4 is 10.1 Å². The molecule has 108 valence electrons. The zero-order valence-corrected chi connectivity index (χ0v) is 10.6. The number of benzene rings is 1. The molecule has 1 unspecified atom stereocenters. The monoisotopic (exact) mass is 286 g/mol. The lowest BCUT2D eigenvalue weighted by Crippen LogP contribution is -2.22. The Hall–Kier alpha value is -2.09. The maximum absolute atomic E-state index is 12.3. The minimum atomic E-state index is -4.70. The third-order valence-electron chi connectivity index (χ3n) is 2.64. The van der Waals surface area contributed by atoms with Crippen molar-refractivity contribution in [3.05, 3.63) is 42.0 Å². The van der Waals surface area contributed by atoms with Crippen LogP contribution in [0.25, 0.3) is 0 Å². The quantitative estimate of drug-likeness (QED) is 0.886. The highest BCUT2D eigenvalue weighted by Crippen LogP contribution is 2.26. The number of hydrogen-bond acceptors (Lipinski definition) is 4. The fourth-order valence-corrected chi connectivity index (χ4v) is 1.66. The molecule has 0 aliphatic heterocycles. The zero-order valence-electron chi connectivity index (χ0n) is 10.6. The van der Waals surface area contributed by atoms with Crippen LogP contribution in [-0.2, 0) is 6.54 Å². The summed E-state index contributed by atoms with van der Waals surface area (Å²) in [5.41, 5.74) is 0.413. The van der Waals surface area contributed by atoms with Gasteiger partial charge in [-0.1, -0.05) is 18.2 Å². The highest BCUT2D eigenvalue weighted by atomic mass is 19.4. The van der Waals surface area contributed by atoms with Crippen LogP contribution in [0.3, 0.4) is 0 Å². The van der Waals surface area contributed by atoms with Crippen LogP contribution in [0.1, 0.15) is 24.4 Å². The predicted molar refractivity (Wildman–Crippen MR) is 64.8 cm³/mol. The van der Waals surface area contributed by atoms with Gasteiger partial charge in [0.05, 0.1) is 6.04 Å². The largest absolute Gasteiger partial charge is 0.573 e.